The fourth-order valence-corrected chi connectivity index (χ4v) is 1.73. The van der Waals surface area contributed by atoms with E-state index < -0.39 is 12.1 Å². The zero-order valence-electron chi connectivity index (χ0n) is 9.91. The van der Waals surface area contributed by atoms with Crippen molar-refractivity contribution in [1.82, 2.24) is 9.78 Å². The number of nitrogens with zero attached hydrogens (tertiary/aromatic N) is 2. The summed E-state index contributed by atoms with van der Waals surface area (Å²) in [4.78, 5) is 10.9. The highest BCUT2D eigenvalue weighted by Crippen LogP contribution is 2.25. The van der Waals surface area contributed by atoms with Gasteiger partial charge in [0, 0.05) is 18.3 Å². The Morgan fingerprint density at radius 2 is 2.39 bits per heavy atom. The quantitative estimate of drug-likeness (QED) is 0.842. The van der Waals surface area contributed by atoms with E-state index >= 15 is 0 Å². The molecule has 0 amide bonds. The molecule has 0 spiro atoms. The number of aliphatic hydroxyl groups is 1. The van der Waals surface area contributed by atoms with Crippen molar-refractivity contribution >= 4 is 5.97 Å². The normalized spacial score (nSPS) is 12.6. The predicted molar refractivity (Wildman–Crippen MR) is 62.2 cm³/mol. The second kappa shape index (κ2) is 5.05. The van der Waals surface area contributed by atoms with Crippen molar-refractivity contribution in [3.05, 3.63) is 41.6 Å². The summed E-state index contributed by atoms with van der Waals surface area (Å²) >= 11 is 0. The second-order valence-corrected chi connectivity index (χ2v) is 3.94. The van der Waals surface area contributed by atoms with E-state index in [1.807, 2.05) is 6.92 Å². The number of carboxylic acid groups (broad SMARTS) is 1. The maximum absolute atomic E-state index is 10.9. The van der Waals surface area contributed by atoms with Gasteiger partial charge in [-0.15, -0.1) is 0 Å². The third kappa shape index (κ3) is 2.28. The Morgan fingerprint density at radius 3 is 3.06 bits per heavy atom. The van der Waals surface area contributed by atoms with Gasteiger partial charge in [0.2, 0.25) is 0 Å². The first kappa shape index (κ1) is 12.4. The van der Waals surface area contributed by atoms with Crippen LogP contribution in [0.15, 0.2) is 29.1 Å². The lowest BCUT2D eigenvalue weighted by atomic mass is 10.1. The molecule has 0 radical (unpaired) electrons. The molecule has 2 heterocycles. The van der Waals surface area contributed by atoms with Gasteiger partial charge in [0.05, 0.1) is 12.5 Å². The molecule has 96 valence electrons. The molecule has 6 nitrogen and oxygen atoms in total. The van der Waals surface area contributed by atoms with Gasteiger partial charge >= 0.3 is 5.97 Å². The van der Waals surface area contributed by atoms with Gasteiger partial charge in [0.25, 0.3) is 0 Å². The van der Waals surface area contributed by atoms with Gasteiger partial charge in [-0.3, -0.25) is 4.68 Å². The molecule has 6 heteroatoms. The third-order valence-corrected chi connectivity index (χ3v) is 2.60. The lowest BCUT2D eigenvalue weighted by molar-refractivity contribution is 0.0687. The van der Waals surface area contributed by atoms with Gasteiger partial charge in [-0.2, -0.15) is 5.10 Å². The van der Waals surface area contributed by atoms with Gasteiger partial charge < -0.3 is 14.6 Å². The largest absolute Gasteiger partial charge is 0.478 e. The van der Waals surface area contributed by atoms with E-state index in [9.17, 15) is 9.90 Å². The molecular formula is C12H14N2O4. The summed E-state index contributed by atoms with van der Waals surface area (Å²) in [6.07, 6.45) is 4.25. The summed E-state index contributed by atoms with van der Waals surface area (Å²) in [5, 5.41) is 23.1. The Hall–Kier alpha value is -2.08. The zero-order chi connectivity index (χ0) is 13.1. The topological polar surface area (TPSA) is 88.5 Å². The lowest BCUT2D eigenvalue weighted by Gasteiger charge is -2.06. The molecule has 0 saturated heterocycles. The summed E-state index contributed by atoms with van der Waals surface area (Å²) < 4.78 is 6.74. The number of aromatic nitrogens is 2. The highest BCUT2D eigenvalue weighted by Gasteiger charge is 2.23. The number of aromatic carboxylic acids is 1. The van der Waals surface area contributed by atoms with Crippen molar-refractivity contribution in [2.75, 3.05) is 0 Å². The first-order valence-electron chi connectivity index (χ1n) is 5.64. The first-order valence-corrected chi connectivity index (χ1v) is 5.64. The van der Waals surface area contributed by atoms with E-state index in [1.54, 1.807) is 10.9 Å². The van der Waals surface area contributed by atoms with Crippen LogP contribution in [0.3, 0.4) is 0 Å². The van der Waals surface area contributed by atoms with Crippen molar-refractivity contribution in [2.24, 2.45) is 0 Å². The number of hydrogen-bond donors (Lipinski definition) is 2. The number of rotatable bonds is 5. The molecule has 0 bridgehead atoms. The summed E-state index contributed by atoms with van der Waals surface area (Å²) in [6, 6.07) is 1.32. The second-order valence-electron chi connectivity index (χ2n) is 3.94. The summed E-state index contributed by atoms with van der Waals surface area (Å²) in [6.45, 7) is 2.77. The standard InChI is InChI=1S/C12H14N2O4/c1-2-4-14-7-8(6-13-14)10(15)11-9(12(16)17)3-5-18-11/h3,5-7,10,15H,2,4H2,1H3,(H,16,17). The van der Waals surface area contributed by atoms with Crippen LogP contribution in [-0.2, 0) is 6.54 Å². The van der Waals surface area contributed by atoms with E-state index in [2.05, 4.69) is 5.10 Å². The molecule has 1 unspecified atom stereocenters. The number of aliphatic hydroxyl groups excluding tert-OH is 1. The number of carboxylic acids is 1. The van der Waals surface area contributed by atoms with E-state index in [-0.39, 0.29) is 11.3 Å². The fourth-order valence-electron chi connectivity index (χ4n) is 1.73. The van der Waals surface area contributed by atoms with Crippen LogP contribution >= 0.6 is 0 Å². The van der Waals surface area contributed by atoms with Gasteiger partial charge in [0.1, 0.15) is 11.7 Å². The summed E-state index contributed by atoms with van der Waals surface area (Å²) in [5.41, 5.74) is 0.478. The van der Waals surface area contributed by atoms with E-state index in [1.165, 1.54) is 18.5 Å². The average Bonchev–Trinajstić information content (AvgIpc) is 2.96. The van der Waals surface area contributed by atoms with Crippen molar-refractivity contribution in [3.8, 4) is 0 Å². The van der Waals surface area contributed by atoms with Crippen LogP contribution in [0, 0.1) is 0 Å². The van der Waals surface area contributed by atoms with Crippen molar-refractivity contribution in [1.29, 1.82) is 0 Å². The van der Waals surface area contributed by atoms with E-state index in [4.69, 9.17) is 9.52 Å². The fraction of sp³-hybridized carbons (Fsp3) is 0.333. The van der Waals surface area contributed by atoms with Crippen molar-refractivity contribution in [2.45, 2.75) is 26.0 Å². The average molecular weight is 250 g/mol. The third-order valence-electron chi connectivity index (χ3n) is 2.60. The molecule has 2 N–H and O–H groups in total. The minimum Gasteiger partial charge on any atom is -0.478 e. The molecule has 0 aliphatic heterocycles. The lowest BCUT2D eigenvalue weighted by Crippen LogP contribution is -2.05. The summed E-state index contributed by atoms with van der Waals surface area (Å²) in [7, 11) is 0. The Kier molecular flexibility index (Phi) is 3.47. The highest BCUT2D eigenvalue weighted by molar-refractivity contribution is 5.88. The first-order chi connectivity index (χ1) is 8.63. The molecule has 2 rings (SSSR count). The van der Waals surface area contributed by atoms with Gasteiger partial charge in [0.15, 0.2) is 5.76 Å². The molecule has 0 aromatic carbocycles. The Labute approximate surface area is 103 Å². The smallest absolute Gasteiger partial charge is 0.339 e. The van der Waals surface area contributed by atoms with E-state index in [0.717, 1.165) is 13.0 Å². The number of hydrogen-bond acceptors (Lipinski definition) is 4. The van der Waals surface area contributed by atoms with Crippen LogP contribution in [0.2, 0.25) is 0 Å². The summed E-state index contributed by atoms with van der Waals surface area (Å²) in [5.74, 6) is -1.10. The van der Waals surface area contributed by atoms with Crippen molar-refractivity contribution in [3.63, 3.8) is 0 Å². The molecule has 2 aromatic heterocycles. The Balaban J connectivity index is 2.26. The number of furan rings is 1. The maximum atomic E-state index is 10.9. The highest BCUT2D eigenvalue weighted by atomic mass is 16.4. The van der Waals surface area contributed by atoms with Crippen LogP contribution in [0.4, 0.5) is 0 Å². The Morgan fingerprint density at radius 1 is 1.61 bits per heavy atom. The predicted octanol–water partition coefficient (Wildman–Crippen LogP) is 1.67. The molecule has 0 aliphatic rings. The van der Waals surface area contributed by atoms with Crippen LogP contribution in [0.1, 0.15) is 41.1 Å². The van der Waals surface area contributed by atoms with E-state index in [0.29, 0.717) is 5.56 Å². The van der Waals surface area contributed by atoms with Gasteiger partial charge in [-0.1, -0.05) is 6.92 Å². The number of carbonyl (C=O) groups is 1. The zero-order valence-corrected chi connectivity index (χ0v) is 9.91. The van der Waals surface area contributed by atoms with Crippen LogP contribution in [0.25, 0.3) is 0 Å². The number of aryl methyl sites for hydroxylation is 1. The minimum absolute atomic E-state index is 0.0264. The maximum Gasteiger partial charge on any atom is 0.339 e. The van der Waals surface area contributed by atoms with Gasteiger partial charge in [-0.05, 0) is 12.5 Å². The minimum atomic E-state index is -1.13. The van der Waals surface area contributed by atoms with Crippen LogP contribution in [0.5, 0.6) is 0 Å². The van der Waals surface area contributed by atoms with Crippen molar-refractivity contribution < 1.29 is 19.4 Å². The Bertz CT molecular complexity index is 544. The molecule has 1 atom stereocenters. The SMILES string of the molecule is CCCn1cc(C(O)c2occc2C(=O)O)cn1. The van der Waals surface area contributed by atoms with Crippen LogP contribution < -0.4 is 0 Å². The molecule has 0 saturated carbocycles. The molecule has 0 fully saturated rings. The van der Waals surface area contributed by atoms with Crippen LogP contribution in [-0.4, -0.2) is 26.0 Å². The molecule has 2 aromatic rings. The monoisotopic (exact) mass is 250 g/mol. The molecular weight excluding hydrogens is 236 g/mol. The molecule has 0 aliphatic carbocycles. The van der Waals surface area contributed by atoms with Gasteiger partial charge in [-0.25, -0.2) is 4.79 Å². The molecule has 18 heavy (non-hydrogen) atoms.